The van der Waals surface area contributed by atoms with E-state index in [4.69, 9.17) is 4.74 Å². The summed E-state index contributed by atoms with van der Waals surface area (Å²) in [5.41, 5.74) is 1.98. The van der Waals surface area contributed by atoms with Crippen LogP contribution in [-0.4, -0.2) is 6.10 Å². The van der Waals surface area contributed by atoms with Crippen molar-refractivity contribution in [2.24, 2.45) is 11.3 Å². The lowest BCUT2D eigenvalue weighted by Crippen LogP contribution is -2.31. The quantitative estimate of drug-likeness (QED) is 0.708. The van der Waals surface area contributed by atoms with Crippen LogP contribution in [0.1, 0.15) is 25.3 Å². The van der Waals surface area contributed by atoms with E-state index in [2.05, 4.69) is 31.2 Å². The van der Waals surface area contributed by atoms with Crippen LogP contribution in [0.25, 0.3) is 0 Å². The second-order valence-corrected chi connectivity index (χ2v) is 5.00. The fourth-order valence-electron chi connectivity index (χ4n) is 2.65. The molecule has 1 nitrogen and oxygen atoms in total. The van der Waals surface area contributed by atoms with Gasteiger partial charge in [-0.05, 0) is 29.7 Å². The number of ether oxygens (including phenoxy) is 1. The van der Waals surface area contributed by atoms with Crippen molar-refractivity contribution in [3.63, 3.8) is 0 Å². The summed E-state index contributed by atoms with van der Waals surface area (Å²) in [7, 11) is 0. The molecule has 74 valence electrons. The summed E-state index contributed by atoms with van der Waals surface area (Å²) < 4.78 is 5.88. The fourth-order valence-corrected chi connectivity index (χ4v) is 2.65. The van der Waals surface area contributed by atoms with Crippen molar-refractivity contribution >= 4 is 0 Å². The molecule has 1 unspecified atom stereocenters. The van der Waals surface area contributed by atoms with Gasteiger partial charge < -0.3 is 4.74 Å². The molecule has 0 bridgehead atoms. The molecule has 0 heterocycles. The van der Waals surface area contributed by atoms with Crippen LogP contribution >= 0.6 is 0 Å². The molecule has 0 saturated heterocycles. The molecule has 0 radical (unpaired) electrons. The average molecular weight is 188 g/mol. The number of hydrogen-bond acceptors (Lipinski definition) is 1. The maximum absolute atomic E-state index is 5.88. The molecule has 2 aliphatic carbocycles. The van der Waals surface area contributed by atoms with Crippen molar-refractivity contribution in [3.8, 4) is 0 Å². The zero-order valence-electron chi connectivity index (χ0n) is 8.57. The Labute approximate surface area is 85.1 Å². The molecule has 0 amide bonds. The molecule has 1 heteroatoms. The standard InChI is InChI=1S/C13H16O/c1-13-7-11(13)12(8-13)14-9-10-5-3-2-4-6-10/h2-6,11-12H,7-9H2,1H3/t11-,12?,13+/m1/s1. The highest BCUT2D eigenvalue weighted by Gasteiger charge is 2.64. The number of rotatable bonds is 3. The summed E-state index contributed by atoms with van der Waals surface area (Å²) in [5, 5.41) is 0. The SMILES string of the molecule is C[C@]12CC(OCc3ccccc3)[C@H]1C2. The first-order valence-corrected chi connectivity index (χ1v) is 5.43. The van der Waals surface area contributed by atoms with E-state index in [0.29, 0.717) is 11.5 Å². The molecule has 2 saturated carbocycles. The third kappa shape index (κ3) is 1.27. The number of hydrogen-bond donors (Lipinski definition) is 0. The smallest absolute Gasteiger partial charge is 0.0720 e. The molecule has 0 spiro atoms. The monoisotopic (exact) mass is 188 g/mol. The van der Waals surface area contributed by atoms with E-state index in [1.54, 1.807) is 0 Å². The second kappa shape index (κ2) is 2.83. The van der Waals surface area contributed by atoms with E-state index in [-0.39, 0.29) is 0 Å². The van der Waals surface area contributed by atoms with Crippen LogP contribution in [-0.2, 0) is 11.3 Å². The maximum atomic E-state index is 5.88. The highest BCUT2D eigenvalue weighted by molar-refractivity contribution is 5.16. The largest absolute Gasteiger partial charge is 0.373 e. The van der Waals surface area contributed by atoms with Gasteiger partial charge in [-0.25, -0.2) is 0 Å². The summed E-state index contributed by atoms with van der Waals surface area (Å²) in [4.78, 5) is 0. The topological polar surface area (TPSA) is 9.23 Å². The predicted octanol–water partition coefficient (Wildman–Crippen LogP) is 3.00. The molecule has 0 aliphatic heterocycles. The fraction of sp³-hybridized carbons (Fsp3) is 0.538. The first-order valence-electron chi connectivity index (χ1n) is 5.43. The Morgan fingerprint density at radius 3 is 2.64 bits per heavy atom. The molecule has 2 fully saturated rings. The Morgan fingerprint density at radius 2 is 2.07 bits per heavy atom. The van der Waals surface area contributed by atoms with Gasteiger partial charge in [-0.1, -0.05) is 37.3 Å². The minimum absolute atomic E-state index is 0.556. The molecule has 2 aliphatic rings. The Hall–Kier alpha value is -0.820. The van der Waals surface area contributed by atoms with E-state index in [1.165, 1.54) is 18.4 Å². The van der Waals surface area contributed by atoms with Crippen molar-refractivity contribution in [1.82, 2.24) is 0 Å². The summed E-state index contributed by atoms with van der Waals surface area (Å²) >= 11 is 0. The third-order valence-corrected chi connectivity index (χ3v) is 3.84. The molecule has 0 aromatic heterocycles. The van der Waals surface area contributed by atoms with Gasteiger partial charge in [-0.3, -0.25) is 0 Å². The normalized spacial score (nSPS) is 38.6. The Kier molecular flexibility index (Phi) is 1.72. The molecular formula is C13H16O. The Bertz CT molecular complexity index is 332. The minimum Gasteiger partial charge on any atom is -0.373 e. The van der Waals surface area contributed by atoms with Crippen LogP contribution < -0.4 is 0 Å². The summed E-state index contributed by atoms with van der Waals surface area (Å²) in [6.07, 6.45) is 3.23. The van der Waals surface area contributed by atoms with Crippen LogP contribution in [0, 0.1) is 11.3 Å². The van der Waals surface area contributed by atoms with Crippen LogP contribution in [0.15, 0.2) is 30.3 Å². The van der Waals surface area contributed by atoms with E-state index in [1.807, 2.05) is 6.07 Å². The molecule has 3 rings (SSSR count). The molecular weight excluding hydrogens is 172 g/mol. The first-order chi connectivity index (χ1) is 6.78. The third-order valence-electron chi connectivity index (χ3n) is 3.84. The van der Waals surface area contributed by atoms with E-state index in [0.717, 1.165) is 12.5 Å². The summed E-state index contributed by atoms with van der Waals surface area (Å²) in [6, 6.07) is 10.4. The van der Waals surface area contributed by atoms with Gasteiger partial charge in [0.25, 0.3) is 0 Å². The van der Waals surface area contributed by atoms with Gasteiger partial charge >= 0.3 is 0 Å². The van der Waals surface area contributed by atoms with Gasteiger partial charge in [-0.2, -0.15) is 0 Å². The van der Waals surface area contributed by atoms with Crippen molar-refractivity contribution in [1.29, 1.82) is 0 Å². The van der Waals surface area contributed by atoms with Crippen LogP contribution in [0.5, 0.6) is 0 Å². The van der Waals surface area contributed by atoms with Gasteiger partial charge in [0.15, 0.2) is 0 Å². The van der Waals surface area contributed by atoms with Gasteiger partial charge in [0, 0.05) is 0 Å². The lowest BCUT2D eigenvalue weighted by molar-refractivity contribution is -0.0411. The zero-order chi connectivity index (χ0) is 9.60. The van der Waals surface area contributed by atoms with Crippen LogP contribution in [0.3, 0.4) is 0 Å². The first kappa shape index (κ1) is 8.49. The Balaban J connectivity index is 1.52. The summed E-state index contributed by atoms with van der Waals surface area (Å²) in [5.74, 6) is 0.881. The average Bonchev–Trinajstić information content (AvgIpc) is 2.74. The lowest BCUT2D eigenvalue weighted by Gasteiger charge is -2.31. The molecule has 1 aromatic rings. The van der Waals surface area contributed by atoms with E-state index in [9.17, 15) is 0 Å². The van der Waals surface area contributed by atoms with Gasteiger partial charge in [0.2, 0.25) is 0 Å². The maximum Gasteiger partial charge on any atom is 0.0720 e. The Morgan fingerprint density at radius 1 is 1.29 bits per heavy atom. The van der Waals surface area contributed by atoms with Crippen molar-refractivity contribution in [3.05, 3.63) is 35.9 Å². The van der Waals surface area contributed by atoms with Gasteiger partial charge in [0.1, 0.15) is 0 Å². The summed E-state index contributed by atoms with van der Waals surface area (Å²) in [6.45, 7) is 3.16. The lowest BCUT2D eigenvalue weighted by atomic mass is 9.84. The molecule has 0 N–H and O–H groups in total. The second-order valence-electron chi connectivity index (χ2n) is 5.00. The molecule has 14 heavy (non-hydrogen) atoms. The van der Waals surface area contributed by atoms with Crippen LogP contribution in [0.2, 0.25) is 0 Å². The number of benzene rings is 1. The minimum atomic E-state index is 0.556. The highest BCUT2D eigenvalue weighted by atomic mass is 16.5. The predicted molar refractivity (Wildman–Crippen MR) is 55.9 cm³/mol. The van der Waals surface area contributed by atoms with Crippen molar-refractivity contribution in [2.45, 2.75) is 32.5 Å². The van der Waals surface area contributed by atoms with E-state index < -0.39 is 0 Å². The van der Waals surface area contributed by atoms with Gasteiger partial charge in [-0.15, -0.1) is 0 Å². The molecule has 1 aromatic carbocycles. The highest BCUT2D eigenvalue weighted by Crippen LogP contribution is 2.68. The van der Waals surface area contributed by atoms with Crippen molar-refractivity contribution in [2.75, 3.05) is 0 Å². The zero-order valence-corrected chi connectivity index (χ0v) is 8.57. The molecule has 3 atom stereocenters. The van der Waals surface area contributed by atoms with Crippen LogP contribution in [0.4, 0.5) is 0 Å². The van der Waals surface area contributed by atoms with Crippen molar-refractivity contribution < 1.29 is 4.74 Å². The van der Waals surface area contributed by atoms with E-state index >= 15 is 0 Å². The number of fused-ring (bicyclic) bond motifs is 1. The van der Waals surface area contributed by atoms with Gasteiger partial charge in [0.05, 0.1) is 12.7 Å².